The van der Waals surface area contributed by atoms with Gasteiger partial charge in [0.2, 0.25) is 5.91 Å². The minimum Gasteiger partial charge on any atom is -0.368 e. The predicted molar refractivity (Wildman–Crippen MR) is 95.7 cm³/mol. The highest BCUT2D eigenvalue weighted by Crippen LogP contribution is 2.31. The Hall–Kier alpha value is -2.76. The Bertz CT molecular complexity index is 779. The van der Waals surface area contributed by atoms with Crippen LogP contribution in [0.2, 0.25) is 0 Å². The molecule has 0 saturated carbocycles. The van der Waals surface area contributed by atoms with Crippen molar-refractivity contribution in [2.24, 2.45) is 0 Å². The van der Waals surface area contributed by atoms with Gasteiger partial charge in [0.25, 0.3) is 0 Å². The number of hydrogen-bond acceptors (Lipinski definition) is 2. The number of anilines is 1. The van der Waals surface area contributed by atoms with E-state index >= 15 is 0 Å². The highest BCUT2D eigenvalue weighted by atomic mass is 19.4. The van der Waals surface area contributed by atoms with Gasteiger partial charge in [0.15, 0.2) is 0 Å². The van der Waals surface area contributed by atoms with Crippen LogP contribution in [0.3, 0.4) is 0 Å². The van der Waals surface area contributed by atoms with Crippen molar-refractivity contribution in [3.05, 3.63) is 71.8 Å². The molecule has 1 aliphatic heterocycles. The first kappa shape index (κ1) is 18.0. The number of carbonyl (C=O) groups excluding carboxylic acids is 1. The first-order chi connectivity index (χ1) is 12.4. The minimum atomic E-state index is -4.35. The third-order valence-corrected chi connectivity index (χ3v) is 4.35. The molecule has 1 heterocycles. The van der Waals surface area contributed by atoms with Crippen LogP contribution in [0.4, 0.5) is 18.9 Å². The van der Waals surface area contributed by atoms with E-state index in [1.165, 1.54) is 12.1 Å². The Kier molecular flexibility index (Phi) is 5.30. The molecule has 6 heteroatoms. The lowest BCUT2D eigenvalue weighted by atomic mass is 10.1. The predicted octanol–water partition coefficient (Wildman–Crippen LogP) is 4.07. The molecule has 0 atom stereocenters. The van der Waals surface area contributed by atoms with Crippen molar-refractivity contribution in [1.82, 2.24) is 4.90 Å². The maximum absolute atomic E-state index is 12.8. The zero-order valence-electron chi connectivity index (χ0n) is 14.1. The molecule has 1 saturated heterocycles. The Labute approximate surface area is 150 Å². The van der Waals surface area contributed by atoms with Gasteiger partial charge in [-0.15, -0.1) is 0 Å². The van der Waals surface area contributed by atoms with E-state index in [0.29, 0.717) is 31.9 Å². The second kappa shape index (κ2) is 7.64. The average molecular weight is 360 g/mol. The van der Waals surface area contributed by atoms with Crippen molar-refractivity contribution < 1.29 is 18.0 Å². The van der Waals surface area contributed by atoms with E-state index in [0.717, 1.165) is 17.7 Å². The number of piperazine rings is 1. The lowest BCUT2D eigenvalue weighted by molar-refractivity contribution is -0.137. The largest absolute Gasteiger partial charge is 0.416 e. The van der Waals surface area contributed by atoms with Crippen LogP contribution in [0.1, 0.15) is 11.1 Å². The van der Waals surface area contributed by atoms with Gasteiger partial charge in [0, 0.05) is 37.9 Å². The number of rotatable bonds is 3. The first-order valence-electron chi connectivity index (χ1n) is 8.38. The molecule has 3 nitrogen and oxygen atoms in total. The van der Waals surface area contributed by atoms with Gasteiger partial charge in [-0.3, -0.25) is 4.79 Å². The van der Waals surface area contributed by atoms with Crippen molar-refractivity contribution in [2.75, 3.05) is 31.1 Å². The average Bonchev–Trinajstić information content (AvgIpc) is 2.66. The summed E-state index contributed by atoms with van der Waals surface area (Å²) in [6, 6.07) is 14.8. The molecule has 0 N–H and O–H groups in total. The van der Waals surface area contributed by atoms with Crippen LogP contribution in [0.5, 0.6) is 0 Å². The van der Waals surface area contributed by atoms with E-state index in [2.05, 4.69) is 0 Å². The van der Waals surface area contributed by atoms with Gasteiger partial charge < -0.3 is 9.80 Å². The Balaban J connectivity index is 1.59. The summed E-state index contributed by atoms with van der Waals surface area (Å²) in [5.41, 5.74) is 0.828. The minimum absolute atomic E-state index is 0.0856. The number of carbonyl (C=O) groups is 1. The Morgan fingerprint density at radius 2 is 1.62 bits per heavy atom. The van der Waals surface area contributed by atoms with Gasteiger partial charge in [0.05, 0.1) is 5.56 Å². The Morgan fingerprint density at radius 3 is 2.27 bits per heavy atom. The van der Waals surface area contributed by atoms with Crippen LogP contribution in [0.25, 0.3) is 6.08 Å². The van der Waals surface area contributed by atoms with Gasteiger partial charge in [-0.25, -0.2) is 0 Å². The van der Waals surface area contributed by atoms with Gasteiger partial charge >= 0.3 is 6.18 Å². The van der Waals surface area contributed by atoms with Crippen LogP contribution in [-0.4, -0.2) is 37.0 Å². The van der Waals surface area contributed by atoms with Crippen LogP contribution in [-0.2, 0) is 11.0 Å². The monoisotopic (exact) mass is 360 g/mol. The lowest BCUT2D eigenvalue weighted by Crippen LogP contribution is -2.48. The molecule has 0 unspecified atom stereocenters. The van der Waals surface area contributed by atoms with Gasteiger partial charge in [-0.2, -0.15) is 13.2 Å². The zero-order valence-corrected chi connectivity index (χ0v) is 14.1. The van der Waals surface area contributed by atoms with Crippen LogP contribution < -0.4 is 4.90 Å². The van der Waals surface area contributed by atoms with E-state index in [1.54, 1.807) is 17.0 Å². The van der Waals surface area contributed by atoms with Crippen LogP contribution >= 0.6 is 0 Å². The van der Waals surface area contributed by atoms with Gasteiger partial charge in [-0.05, 0) is 29.8 Å². The summed E-state index contributed by atoms with van der Waals surface area (Å²) >= 11 is 0. The van der Waals surface area contributed by atoms with E-state index in [-0.39, 0.29) is 5.91 Å². The van der Waals surface area contributed by atoms with Crippen molar-refractivity contribution in [3.8, 4) is 0 Å². The maximum Gasteiger partial charge on any atom is 0.416 e. The Morgan fingerprint density at radius 1 is 0.923 bits per heavy atom. The van der Waals surface area contributed by atoms with E-state index in [9.17, 15) is 18.0 Å². The highest BCUT2D eigenvalue weighted by Gasteiger charge is 2.31. The summed E-state index contributed by atoms with van der Waals surface area (Å²) in [5, 5.41) is 0. The van der Waals surface area contributed by atoms with E-state index in [1.807, 2.05) is 35.2 Å². The number of nitrogens with zero attached hydrogens (tertiary/aromatic N) is 2. The van der Waals surface area contributed by atoms with Crippen LogP contribution in [0, 0.1) is 0 Å². The maximum atomic E-state index is 12.8. The molecule has 0 spiro atoms. The molecule has 1 amide bonds. The second-order valence-corrected chi connectivity index (χ2v) is 6.10. The first-order valence-corrected chi connectivity index (χ1v) is 8.38. The molecule has 2 aromatic carbocycles. The molecule has 0 aromatic heterocycles. The van der Waals surface area contributed by atoms with Crippen molar-refractivity contribution in [3.63, 3.8) is 0 Å². The third kappa shape index (κ3) is 4.45. The molecule has 0 aliphatic carbocycles. The fraction of sp³-hybridized carbons (Fsp3) is 0.250. The summed E-state index contributed by atoms with van der Waals surface area (Å²) in [4.78, 5) is 15.9. The number of hydrogen-bond donors (Lipinski definition) is 0. The molecule has 3 rings (SSSR count). The van der Waals surface area contributed by atoms with Gasteiger partial charge in [-0.1, -0.05) is 36.4 Å². The molecular formula is C20H19F3N2O. The van der Waals surface area contributed by atoms with Crippen molar-refractivity contribution in [1.29, 1.82) is 0 Å². The molecule has 0 bridgehead atoms. The fourth-order valence-corrected chi connectivity index (χ4v) is 2.90. The van der Waals surface area contributed by atoms with Crippen molar-refractivity contribution in [2.45, 2.75) is 6.18 Å². The molecular weight excluding hydrogens is 341 g/mol. The topological polar surface area (TPSA) is 23.6 Å². The summed E-state index contributed by atoms with van der Waals surface area (Å²) in [5.74, 6) is -0.0856. The lowest BCUT2D eigenvalue weighted by Gasteiger charge is -2.35. The van der Waals surface area contributed by atoms with E-state index < -0.39 is 11.7 Å². The standard InChI is InChI=1S/C20H19F3N2O/c21-20(22,23)17-7-4-8-18(15-17)24-11-13-25(14-12-24)19(26)10-9-16-5-2-1-3-6-16/h1-10,15H,11-14H2/b10-9+. The summed E-state index contributed by atoms with van der Waals surface area (Å²) in [7, 11) is 0. The normalized spacial score (nSPS) is 15.5. The van der Waals surface area contributed by atoms with E-state index in [4.69, 9.17) is 0 Å². The third-order valence-electron chi connectivity index (χ3n) is 4.35. The zero-order chi connectivity index (χ0) is 18.6. The summed E-state index contributed by atoms with van der Waals surface area (Å²) in [6.07, 6.45) is -1.05. The quantitative estimate of drug-likeness (QED) is 0.771. The number of benzene rings is 2. The SMILES string of the molecule is O=C(/C=C/c1ccccc1)N1CCN(c2cccc(C(F)(F)F)c2)CC1. The number of halogens is 3. The molecule has 2 aromatic rings. The van der Waals surface area contributed by atoms with Crippen LogP contribution in [0.15, 0.2) is 60.7 Å². The highest BCUT2D eigenvalue weighted by molar-refractivity contribution is 5.92. The van der Waals surface area contributed by atoms with Crippen molar-refractivity contribution >= 4 is 17.7 Å². The summed E-state index contributed by atoms with van der Waals surface area (Å²) in [6.45, 7) is 1.97. The van der Waals surface area contributed by atoms with Gasteiger partial charge in [0.1, 0.15) is 0 Å². The molecule has 1 fully saturated rings. The number of amides is 1. The summed E-state index contributed by atoms with van der Waals surface area (Å²) < 4.78 is 38.5. The molecule has 0 radical (unpaired) electrons. The second-order valence-electron chi connectivity index (χ2n) is 6.10. The smallest absolute Gasteiger partial charge is 0.368 e. The molecule has 136 valence electrons. The number of alkyl halides is 3. The molecule has 26 heavy (non-hydrogen) atoms. The molecule has 1 aliphatic rings. The fourth-order valence-electron chi connectivity index (χ4n) is 2.90.